The Kier molecular flexibility index (Phi) is 3.51. The maximum Gasteiger partial charge on any atom is 0.238 e. The number of anilines is 1. The molecule has 1 saturated heterocycles. The van der Waals surface area contributed by atoms with Crippen LogP contribution in [0.5, 0.6) is 0 Å². The standard InChI is InChI=1S/C14H18N2O4S/c1-9-6-11(8-20-9)14(17)16-5-4-10-7-12(21(15,18)19)2-3-13(10)16/h2-3,7,9,11H,4-6,8H2,1H3,(H2,15,18,19). The lowest BCUT2D eigenvalue weighted by atomic mass is 10.0. The van der Waals surface area contributed by atoms with Crippen molar-refractivity contribution in [3.8, 4) is 0 Å². The van der Waals surface area contributed by atoms with Crippen LogP contribution in [0.1, 0.15) is 18.9 Å². The second kappa shape index (κ2) is 5.08. The van der Waals surface area contributed by atoms with E-state index < -0.39 is 10.0 Å². The highest BCUT2D eigenvalue weighted by Crippen LogP contribution is 2.32. The minimum Gasteiger partial charge on any atom is -0.378 e. The lowest BCUT2D eigenvalue weighted by molar-refractivity contribution is -0.122. The van der Waals surface area contributed by atoms with Gasteiger partial charge in [-0.1, -0.05) is 0 Å². The Morgan fingerprint density at radius 2 is 2.19 bits per heavy atom. The van der Waals surface area contributed by atoms with E-state index in [1.54, 1.807) is 17.0 Å². The normalized spacial score (nSPS) is 25.1. The lowest BCUT2D eigenvalue weighted by Gasteiger charge is -2.20. The van der Waals surface area contributed by atoms with E-state index in [-0.39, 0.29) is 22.8 Å². The second-order valence-corrected chi connectivity index (χ2v) is 7.21. The first-order valence-electron chi connectivity index (χ1n) is 6.95. The monoisotopic (exact) mass is 310 g/mol. The Morgan fingerprint density at radius 1 is 1.43 bits per heavy atom. The van der Waals surface area contributed by atoms with E-state index in [1.165, 1.54) is 6.07 Å². The number of fused-ring (bicyclic) bond motifs is 1. The number of hydrogen-bond donors (Lipinski definition) is 1. The highest BCUT2D eigenvalue weighted by atomic mass is 32.2. The van der Waals surface area contributed by atoms with Crippen LogP contribution in [0.4, 0.5) is 5.69 Å². The fourth-order valence-electron chi connectivity index (χ4n) is 2.99. The fourth-order valence-corrected chi connectivity index (χ4v) is 3.56. The summed E-state index contributed by atoms with van der Waals surface area (Å²) in [6.07, 6.45) is 1.50. The molecule has 0 saturated carbocycles. The number of carbonyl (C=O) groups is 1. The highest BCUT2D eigenvalue weighted by Gasteiger charge is 2.35. The summed E-state index contributed by atoms with van der Waals surface area (Å²) in [6, 6.07) is 4.68. The molecule has 2 aliphatic rings. The van der Waals surface area contributed by atoms with Crippen molar-refractivity contribution in [2.75, 3.05) is 18.1 Å². The van der Waals surface area contributed by atoms with Gasteiger partial charge in [0.05, 0.1) is 23.5 Å². The molecule has 114 valence electrons. The molecule has 0 spiro atoms. The van der Waals surface area contributed by atoms with Crippen molar-refractivity contribution in [3.05, 3.63) is 23.8 Å². The number of primary sulfonamides is 1. The van der Waals surface area contributed by atoms with E-state index >= 15 is 0 Å². The van der Waals surface area contributed by atoms with E-state index in [0.717, 1.165) is 17.7 Å². The zero-order chi connectivity index (χ0) is 15.2. The Labute approximate surface area is 123 Å². The Balaban J connectivity index is 1.86. The zero-order valence-electron chi connectivity index (χ0n) is 11.8. The third kappa shape index (κ3) is 2.68. The Bertz CT molecular complexity index is 686. The number of benzene rings is 1. The first-order chi connectivity index (χ1) is 9.86. The first kappa shape index (κ1) is 14.5. The summed E-state index contributed by atoms with van der Waals surface area (Å²) in [6.45, 7) is 3.00. The number of nitrogens with two attached hydrogens (primary N) is 1. The third-order valence-electron chi connectivity index (χ3n) is 4.09. The van der Waals surface area contributed by atoms with Crippen LogP contribution in [0, 0.1) is 5.92 Å². The molecule has 2 heterocycles. The molecule has 1 amide bonds. The van der Waals surface area contributed by atoms with Crippen LogP contribution in [-0.4, -0.2) is 33.6 Å². The Morgan fingerprint density at radius 3 is 2.81 bits per heavy atom. The molecule has 21 heavy (non-hydrogen) atoms. The van der Waals surface area contributed by atoms with Crippen molar-refractivity contribution >= 4 is 21.6 Å². The molecule has 2 aliphatic heterocycles. The van der Waals surface area contributed by atoms with Gasteiger partial charge in [0.2, 0.25) is 15.9 Å². The van der Waals surface area contributed by atoms with Gasteiger partial charge in [0.25, 0.3) is 0 Å². The van der Waals surface area contributed by atoms with Crippen molar-refractivity contribution in [1.29, 1.82) is 0 Å². The van der Waals surface area contributed by atoms with Crippen molar-refractivity contribution in [2.45, 2.75) is 30.8 Å². The van der Waals surface area contributed by atoms with E-state index in [9.17, 15) is 13.2 Å². The third-order valence-corrected chi connectivity index (χ3v) is 5.00. The molecule has 6 nitrogen and oxygen atoms in total. The first-order valence-corrected chi connectivity index (χ1v) is 8.49. The van der Waals surface area contributed by atoms with E-state index in [4.69, 9.17) is 9.88 Å². The van der Waals surface area contributed by atoms with Crippen molar-refractivity contribution < 1.29 is 17.9 Å². The fraction of sp³-hybridized carbons (Fsp3) is 0.500. The molecule has 2 N–H and O–H groups in total. The van der Waals surface area contributed by atoms with Crippen LogP contribution in [0.15, 0.2) is 23.1 Å². The van der Waals surface area contributed by atoms with Gasteiger partial charge in [-0.15, -0.1) is 0 Å². The summed E-state index contributed by atoms with van der Waals surface area (Å²) >= 11 is 0. The van der Waals surface area contributed by atoms with Gasteiger partial charge in [-0.25, -0.2) is 13.6 Å². The van der Waals surface area contributed by atoms with Gasteiger partial charge in [-0.3, -0.25) is 4.79 Å². The van der Waals surface area contributed by atoms with Crippen LogP contribution in [0.3, 0.4) is 0 Å². The van der Waals surface area contributed by atoms with Crippen LogP contribution in [0.2, 0.25) is 0 Å². The van der Waals surface area contributed by atoms with Crippen LogP contribution in [-0.2, 0) is 26.0 Å². The van der Waals surface area contributed by atoms with E-state index in [0.29, 0.717) is 19.6 Å². The quantitative estimate of drug-likeness (QED) is 0.868. The number of carbonyl (C=O) groups excluding carboxylic acids is 1. The summed E-state index contributed by atoms with van der Waals surface area (Å²) in [5.74, 6) is -0.0506. The van der Waals surface area contributed by atoms with Gasteiger partial charge < -0.3 is 9.64 Å². The van der Waals surface area contributed by atoms with E-state index in [1.807, 2.05) is 6.92 Å². The summed E-state index contributed by atoms with van der Waals surface area (Å²) in [5.41, 5.74) is 1.63. The van der Waals surface area contributed by atoms with Crippen LogP contribution < -0.4 is 10.0 Å². The molecule has 1 fully saturated rings. The maximum atomic E-state index is 12.5. The van der Waals surface area contributed by atoms with Gasteiger partial charge in [-0.05, 0) is 43.5 Å². The van der Waals surface area contributed by atoms with Gasteiger partial charge in [0, 0.05) is 12.2 Å². The van der Waals surface area contributed by atoms with Crippen molar-refractivity contribution in [3.63, 3.8) is 0 Å². The summed E-state index contributed by atoms with van der Waals surface area (Å²) in [4.78, 5) is 14.4. The number of hydrogen-bond acceptors (Lipinski definition) is 4. The second-order valence-electron chi connectivity index (χ2n) is 5.65. The number of ether oxygens (including phenoxy) is 1. The molecule has 1 aromatic carbocycles. The molecular weight excluding hydrogens is 292 g/mol. The van der Waals surface area contributed by atoms with Crippen LogP contribution in [0.25, 0.3) is 0 Å². The largest absolute Gasteiger partial charge is 0.378 e. The predicted octanol–water partition coefficient (Wildman–Crippen LogP) is 0.648. The highest BCUT2D eigenvalue weighted by molar-refractivity contribution is 7.89. The molecule has 0 bridgehead atoms. The van der Waals surface area contributed by atoms with Gasteiger partial charge >= 0.3 is 0 Å². The molecule has 3 rings (SSSR count). The number of nitrogens with zero attached hydrogens (tertiary/aromatic N) is 1. The van der Waals surface area contributed by atoms with Crippen LogP contribution >= 0.6 is 0 Å². The number of amides is 1. The maximum absolute atomic E-state index is 12.5. The molecule has 0 aliphatic carbocycles. The van der Waals surface area contributed by atoms with Crippen molar-refractivity contribution in [2.24, 2.45) is 11.1 Å². The molecule has 0 aromatic heterocycles. The summed E-state index contributed by atoms with van der Waals surface area (Å²) in [5, 5.41) is 5.14. The van der Waals surface area contributed by atoms with Gasteiger partial charge in [0.1, 0.15) is 0 Å². The van der Waals surface area contributed by atoms with Gasteiger partial charge in [-0.2, -0.15) is 0 Å². The summed E-state index contributed by atoms with van der Waals surface area (Å²) < 4.78 is 28.2. The average Bonchev–Trinajstić information content (AvgIpc) is 3.02. The molecule has 2 atom stereocenters. The van der Waals surface area contributed by atoms with Crippen molar-refractivity contribution in [1.82, 2.24) is 0 Å². The number of sulfonamides is 1. The summed E-state index contributed by atoms with van der Waals surface area (Å²) in [7, 11) is -3.71. The number of rotatable bonds is 2. The SMILES string of the molecule is CC1CC(C(=O)N2CCc3cc(S(N)(=O)=O)ccc32)CO1. The molecule has 1 aromatic rings. The lowest BCUT2D eigenvalue weighted by Crippen LogP contribution is -2.35. The predicted molar refractivity (Wildman–Crippen MR) is 77.4 cm³/mol. The molecule has 7 heteroatoms. The molecular formula is C14H18N2O4S. The topological polar surface area (TPSA) is 89.7 Å². The minimum atomic E-state index is -3.71. The smallest absolute Gasteiger partial charge is 0.238 e. The van der Waals surface area contributed by atoms with E-state index in [2.05, 4.69) is 0 Å². The molecule has 2 unspecified atom stereocenters. The molecule has 0 radical (unpaired) electrons. The zero-order valence-corrected chi connectivity index (χ0v) is 12.6. The van der Waals surface area contributed by atoms with Gasteiger partial charge in [0.15, 0.2) is 0 Å². The average molecular weight is 310 g/mol. The minimum absolute atomic E-state index is 0.0569. The Hall–Kier alpha value is -1.44.